The Morgan fingerprint density at radius 3 is 2.17 bits per heavy atom. The van der Waals surface area contributed by atoms with Crippen LogP contribution in [0.15, 0.2) is 66.7 Å². The van der Waals surface area contributed by atoms with Crippen molar-refractivity contribution in [3.8, 4) is 11.5 Å². The Kier molecular flexibility index (Phi) is 9.50. The summed E-state index contributed by atoms with van der Waals surface area (Å²) in [5.74, 6) is 0.289. The molecule has 0 spiro atoms. The van der Waals surface area contributed by atoms with Crippen molar-refractivity contribution in [2.45, 2.75) is 19.8 Å². The molecule has 0 radical (unpaired) electrons. The molecule has 1 aliphatic rings. The van der Waals surface area contributed by atoms with E-state index in [1.807, 2.05) is 0 Å². The summed E-state index contributed by atoms with van der Waals surface area (Å²) in [6.45, 7) is 3.82. The maximum atomic E-state index is 13.8. The monoisotopic (exact) mass is 547 g/mol. The number of Topliss-reactive ketones (excluding diaryl/α,β-unsaturated/α-hetero) is 1. The lowest BCUT2D eigenvalue weighted by molar-refractivity contribution is -0.114. The average Bonchev–Trinajstić information content (AvgIpc) is 2.97. The normalized spacial score (nSPS) is 13.9. The minimum Gasteiger partial charge on any atom is -0.497 e. The van der Waals surface area contributed by atoms with E-state index in [4.69, 9.17) is 9.47 Å². The molecule has 1 saturated heterocycles. The van der Waals surface area contributed by atoms with Gasteiger partial charge in [0.2, 0.25) is 5.91 Å². The molecular weight excluding hydrogens is 513 g/mol. The van der Waals surface area contributed by atoms with E-state index in [-0.39, 0.29) is 29.3 Å². The third kappa shape index (κ3) is 7.04. The van der Waals surface area contributed by atoms with Gasteiger partial charge in [0.25, 0.3) is 5.91 Å². The van der Waals surface area contributed by atoms with Crippen molar-refractivity contribution in [2.75, 3.05) is 50.6 Å². The molecule has 0 aliphatic carbocycles. The maximum absolute atomic E-state index is 13.8. The number of nitrogens with one attached hydrogen (secondary N) is 1. The van der Waals surface area contributed by atoms with Crippen molar-refractivity contribution < 1.29 is 28.2 Å². The van der Waals surface area contributed by atoms with E-state index in [9.17, 15) is 18.8 Å². The fraction of sp³-hybridized carbons (Fsp3) is 0.323. The summed E-state index contributed by atoms with van der Waals surface area (Å²) in [4.78, 5) is 42.0. The number of amides is 2. The topological polar surface area (TPSA) is 88.2 Å². The van der Waals surface area contributed by atoms with Gasteiger partial charge in [0.05, 0.1) is 19.9 Å². The second-order valence-corrected chi connectivity index (χ2v) is 9.74. The van der Waals surface area contributed by atoms with Gasteiger partial charge in [0, 0.05) is 48.8 Å². The van der Waals surface area contributed by atoms with Crippen molar-refractivity contribution >= 4 is 29.0 Å². The molecule has 0 unspecified atom stereocenters. The standard InChI is InChI=1S/C31H34FN3O5/c1-21(36)33-26-10-6-24(7-11-26)31(38)35(28-20-27(39-2)12-13-29(28)40-3)19-18-34-16-14-23(15-17-34)30(37)22-4-8-25(32)9-5-22/h4-13,20,23H,14-19H2,1-3H3,(H,33,36). The van der Waals surface area contributed by atoms with Crippen molar-refractivity contribution in [3.05, 3.63) is 83.7 Å². The van der Waals surface area contributed by atoms with Crippen molar-refractivity contribution in [1.82, 2.24) is 4.90 Å². The lowest BCUT2D eigenvalue weighted by Crippen LogP contribution is -2.43. The number of carbonyl (C=O) groups is 3. The average molecular weight is 548 g/mol. The Morgan fingerprint density at radius 2 is 1.57 bits per heavy atom. The van der Waals surface area contributed by atoms with E-state index in [0.29, 0.717) is 73.0 Å². The first kappa shape index (κ1) is 28.8. The van der Waals surface area contributed by atoms with Crippen LogP contribution in [0.1, 0.15) is 40.5 Å². The number of anilines is 2. The zero-order valence-corrected chi connectivity index (χ0v) is 23.0. The Bertz CT molecular complexity index is 1340. The highest BCUT2D eigenvalue weighted by Crippen LogP contribution is 2.33. The molecule has 0 aromatic heterocycles. The number of hydrogen-bond donors (Lipinski definition) is 1. The molecule has 3 aromatic rings. The summed E-state index contributed by atoms with van der Waals surface area (Å²) >= 11 is 0. The Labute approximate surface area is 233 Å². The van der Waals surface area contributed by atoms with Gasteiger partial charge in [-0.25, -0.2) is 4.39 Å². The van der Waals surface area contributed by atoms with Crippen LogP contribution >= 0.6 is 0 Å². The van der Waals surface area contributed by atoms with Crippen LogP contribution in [0, 0.1) is 11.7 Å². The van der Waals surface area contributed by atoms with Gasteiger partial charge >= 0.3 is 0 Å². The summed E-state index contributed by atoms with van der Waals surface area (Å²) in [5.41, 5.74) is 2.18. The molecule has 1 heterocycles. The highest BCUT2D eigenvalue weighted by atomic mass is 19.1. The number of carbonyl (C=O) groups excluding carboxylic acids is 3. The second kappa shape index (κ2) is 13.2. The SMILES string of the molecule is COc1ccc(OC)c(N(CCN2CCC(C(=O)c3ccc(F)cc3)CC2)C(=O)c2ccc(NC(C)=O)cc2)c1. The zero-order chi connectivity index (χ0) is 28.6. The fourth-order valence-electron chi connectivity index (χ4n) is 4.90. The summed E-state index contributed by atoms with van der Waals surface area (Å²) < 4.78 is 24.3. The summed E-state index contributed by atoms with van der Waals surface area (Å²) in [6.07, 6.45) is 1.38. The van der Waals surface area contributed by atoms with Crippen LogP contribution in [0.25, 0.3) is 0 Å². The van der Waals surface area contributed by atoms with E-state index >= 15 is 0 Å². The maximum Gasteiger partial charge on any atom is 0.258 e. The quantitative estimate of drug-likeness (QED) is 0.358. The first-order valence-corrected chi connectivity index (χ1v) is 13.2. The number of ether oxygens (including phenoxy) is 2. The van der Waals surface area contributed by atoms with Gasteiger partial charge in [0.1, 0.15) is 17.3 Å². The molecule has 40 heavy (non-hydrogen) atoms. The summed E-state index contributed by atoms with van der Waals surface area (Å²) in [7, 11) is 3.12. The van der Waals surface area contributed by atoms with E-state index < -0.39 is 0 Å². The van der Waals surface area contributed by atoms with E-state index in [1.165, 1.54) is 31.2 Å². The number of benzene rings is 3. The molecule has 0 saturated carbocycles. The highest BCUT2D eigenvalue weighted by Gasteiger charge is 2.28. The molecular formula is C31H34FN3O5. The highest BCUT2D eigenvalue weighted by molar-refractivity contribution is 6.07. The van der Waals surface area contributed by atoms with Gasteiger partial charge in [-0.15, -0.1) is 0 Å². The van der Waals surface area contributed by atoms with Gasteiger partial charge in [0.15, 0.2) is 5.78 Å². The minimum atomic E-state index is -0.359. The molecule has 8 nitrogen and oxygen atoms in total. The van der Waals surface area contributed by atoms with Crippen LogP contribution in [0.2, 0.25) is 0 Å². The van der Waals surface area contributed by atoms with E-state index in [0.717, 1.165) is 0 Å². The summed E-state index contributed by atoms with van der Waals surface area (Å²) in [5, 5.41) is 2.71. The van der Waals surface area contributed by atoms with Crippen LogP contribution in [-0.4, -0.2) is 62.9 Å². The smallest absolute Gasteiger partial charge is 0.258 e. The van der Waals surface area contributed by atoms with Gasteiger partial charge in [-0.05, 0) is 86.6 Å². The van der Waals surface area contributed by atoms with Crippen molar-refractivity contribution in [1.29, 1.82) is 0 Å². The van der Waals surface area contributed by atoms with Gasteiger partial charge < -0.3 is 24.6 Å². The number of halogens is 1. The van der Waals surface area contributed by atoms with Crippen LogP contribution in [0.5, 0.6) is 11.5 Å². The molecule has 2 amide bonds. The molecule has 3 aromatic carbocycles. The number of rotatable bonds is 10. The predicted octanol–water partition coefficient (Wildman–Crippen LogP) is 5.04. The first-order chi connectivity index (χ1) is 19.3. The van der Waals surface area contributed by atoms with Gasteiger partial charge in [-0.2, -0.15) is 0 Å². The number of hydrogen-bond acceptors (Lipinski definition) is 6. The number of piperidine rings is 1. The summed E-state index contributed by atoms with van der Waals surface area (Å²) in [6, 6.07) is 17.8. The molecule has 210 valence electrons. The second-order valence-electron chi connectivity index (χ2n) is 9.74. The molecule has 1 fully saturated rings. The first-order valence-electron chi connectivity index (χ1n) is 13.2. The van der Waals surface area contributed by atoms with E-state index in [2.05, 4.69) is 10.2 Å². The molecule has 0 bridgehead atoms. The third-order valence-electron chi connectivity index (χ3n) is 7.10. The Hall–Kier alpha value is -4.24. The predicted molar refractivity (Wildman–Crippen MR) is 152 cm³/mol. The Morgan fingerprint density at radius 1 is 0.925 bits per heavy atom. The Balaban J connectivity index is 1.48. The molecule has 9 heteroatoms. The number of nitrogens with zero attached hydrogens (tertiary/aromatic N) is 2. The van der Waals surface area contributed by atoms with Crippen molar-refractivity contribution in [3.63, 3.8) is 0 Å². The van der Waals surface area contributed by atoms with E-state index in [1.54, 1.807) is 61.6 Å². The van der Waals surface area contributed by atoms with Crippen molar-refractivity contribution in [2.24, 2.45) is 5.92 Å². The zero-order valence-electron chi connectivity index (χ0n) is 23.0. The largest absolute Gasteiger partial charge is 0.497 e. The molecule has 0 atom stereocenters. The molecule has 4 rings (SSSR count). The number of ketones is 1. The number of methoxy groups -OCH3 is 2. The van der Waals surface area contributed by atoms with Crippen LogP contribution < -0.4 is 19.7 Å². The van der Waals surface area contributed by atoms with Crippen LogP contribution in [0.3, 0.4) is 0 Å². The van der Waals surface area contributed by atoms with Crippen LogP contribution in [-0.2, 0) is 4.79 Å². The van der Waals surface area contributed by atoms with Gasteiger partial charge in [-0.3, -0.25) is 14.4 Å². The lowest BCUT2D eigenvalue weighted by atomic mass is 9.89. The fourth-order valence-corrected chi connectivity index (χ4v) is 4.90. The third-order valence-corrected chi connectivity index (χ3v) is 7.10. The van der Waals surface area contributed by atoms with Crippen LogP contribution in [0.4, 0.5) is 15.8 Å². The lowest BCUT2D eigenvalue weighted by Gasteiger charge is -2.33. The minimum absolute atomic E-state index is 0.0419. The molecule has 1 aliphatic heterocycles. The molecule has 1 N–H and O–H groups in total. The number of likely N-dealkylation sites (tertiary alicyclic amines) is 1. The van der Waals surface area contributed by atoms with Gasteiger partial charge in [-0.1, -0.05) is 0 Å².